The summed E-state index contributed by atoms with van der Waals surface area (Å²) in [7, 11) is 0. The van der Waals surface area contributed by atoms with Crippen molar-refractivity contribution in [3.63, 3.8) is 0 Å². The van der Waals surface area contributed by atoms with Crippen LogP contribution in [0.25, 0.3) is 0 Å². The molecular weight excluding hydrogens is 244 g/mol. The molecule has 1 unspecified atom stereocenters. The van der Waals surface area contributed by atoms with Gasteiger partial charge in [-0.2, -0.15) is 0 Å². The number of carboxylic acid groups (broad SMARTS) is 1. The van der Waals surface area contributed by atoms with Crippen LogP contribution in [-0.2, 0) is 11.3 Å². The minimum atomic E-state index is -1.02. The molecule has 1 aromatic heterocycles. The summed E-state index contributed by atoms with van der Waals surface area (Å²) < 4.78 is 5.65. The summed E-state index contributed by atoms with van der Waals surface area (Å²) in [5.74, 6) is -1.02. The van der Waals surface area contributed by atoms with Gasteiger partial charge in [0.2, 0.25) is 0 Å². The first-order chi connectivity index (χ1) is 9.15. The predicted octanol–water partition coefficient (Wildman–Crippen LogP) is 3.05. The lowest BCUT2D eigenvalue weighted by Gasteiger charge is -2.13. The lowest BCUT2D eigenvalue weighted by atomic mass is 10.1. The van der Waals surface area contributed by atoms with E-state index in [0.29, 0.717) is 5.69 Å². The van der Waals surface area contributed by atoms with Crippen LogP contribution in [0.2, 0.25) is 0 Å². The molecule has 5 nitrogen and oxygen atoms in total. The van der Waals surface area contributed by atoms with E-state index in [1.807, 2.05) is 6.92 Å². The van der Waals surface area contributed by atoms with Crippen molar-refractivity contribution in [2.75, 3.05) is 0 Å². The van der Waals surface area contributed by atoms with Crippen LogP contribution in [0.15, 0.2) is 12.5 Å². The maximum atomic E-state index is 11.0. The first-order valence-corrected chi connectivity index (χ1v) is 6.79. The lowest BCUT2D eigenvalue weighted by molar-refractivity contribution is 0.0422. The zero-order valence-corrected chi connectivity index (χ0v) is 11.6. The average molecular weight is 266 g/mol. The van der Waals surface area contributed by atoms with Crippen molar-refractivity contribution in [3.05, 3.63) is 23.8 Å². The van der Waals surface area contributed by atoms with Gasteiger partial charge >= 0.3 is 5.97 Å². The number of aromatic carboxylic acids is 1. The van der Waals surface area contributed by atoms with Gasteiger partial charge in [-0.25, -0.2) is 14.8 Å². The van der Waals surface area contributed by atoms with E-state index in [-0.39, 0.29) is 18.3 Å². The van der Waals surface area contributed by atoms with Gasteiger partial charge in [0.15, 0.2) is 0 Å². The van der Waals surface area contributed by atoms with Crippen LogP contribution in [0.3, 0.4) is 0 Å². The maximum Gasteiger partial charge on any atom is 0.339 e. The van der Waals surface area contributed by atoms with Crippen LogP contribution in [0.4, 0.5) is 0 Å². The van der Waals surface area contributed by atoms with Crippen molar-refractivity contribution in [1.82, 2.24) is 9.97 Å². The van der Waals surface area contributed by atoms with E-state index in [1.54, 1.807) is 0 Å². The third-order valence-corrected chi connectivity index (χ3v) is 2.99. The molecule has 0 saturated carbocycles. The minimum absolute atomic E-state index is 0.112. The average Bonchev–Trinajstić information content (AvgIpc) is 2.41. The van der Waals surface area contributed by atoms with Crippen molar-refractivity contribution in [2.45, 2.75) is 58.7 Å². The summed E-state index contributed by atoms with van der Waals surface area (Å²) in [4.78, 5) is 18.7. The Morgan fingerprint density at radius 3 is 2.89 bits per heavy atom. The molecule has 106 valence electrons. The number of unbranched alkanes of at least 4 members (excludes halogenated alkanes) is 3. The molecule has 5 heteroatoms. The second kappa shape index (κ2) is 8.58. The van der Waals surface area contributed by atoms with Gasteiger partial charge in [-0.3, -0.25) is 0 Å². The number of carbonyl (C=O) groups is 1. The molecule has 0 aliphatic rings. The van der Waals surface area contributed by atoms with Crippen LogP contribution in [-0.4, -0.2) is 27.1 Å². The molecule has 0 aromatic carbocycles. The molecule has 1 N–H and O–H groups in total. The largest absolute Gasteiger partial charge is 0.478 e. The Morgan fingerprint density at radius 2 is 2.21 bits per heavy atom. The Labute approximate surface area is 114 Å². The molecule has 0 spiro atoms. The molecule has 0 fully saturated rings. The number of carboxylic acids is 1. The molecular formula is C14H22N2O3. The highest BCUT2D eigenvalue weighted by Crippen LogP contribution is 2.11. The molecule has 0 radical (unpaired) electrons. The first-order valence-electron chi connectivity index (χ1n) is 6.79. The number of rotatable bonds is 9. The predicted molar refractivity (Wildman–Crippen MR) is 72.0 cm³/mol. The van der Waals surface area contributed by atoms with E-state index in [1.165, 1.54) is 31.8 Å². The Balaban J connectivity index is 2.37. The van der Waals surface area contributed by atoms with Crippen LogP contribution >= 0.6 is 0 Å². The van der Waals surface area contributed by atoms with Gasteiger partial charge < -0.3 is 9.84 Å². The topological polar surface area (TPSA) is 72.3 Å². The van der Waals surface area contributed by atoms with Gasteiger partial charge in [0.05, 0.1) is 18.4 Å². The Hall–Kier alpha value is -1.49. The summed E-state index contributed by atoms with van der Waals surface area (Å²) in [6.45, 7) is 4.41. The normalized spacial score (nSPS) is 12.3. The van der Waals surface area contributed by atoms with E-state index >= 15 is 0 Å². The number of ether oxygens (including phenoxy) is 1. The molecule has 1 aromatic rings. The Bertz CT molecular complexity index is 396. The number of nitrogens with zero attached hydrogens (tertiary/aromatic N) is 2. The molecule has 1 atom stereocenters. The zero-order chi connectivity index (χ0) is 14.1. The van der Waals surface area contributed by atoms with Gasteiger partial charge in [0.25, 0.3) is 0 Å². The smallest absolute Gasteiger partial charge is 0.339 e. The summed E-state index contributed by atoms with van der Waals surface area (Å²) in [6, 6.07) is 0. The van der Waals surface area contributed by atoms with Gasteiger partial charge in [-0.15, -0.1) is 0 Å². The monoisotopic (exact) mass is 266 g/mol. The second-order valence-electron chi connectivity index (χ2n) is 4.66. The van der Waals surface area contributed by atoms with E-state index in [4.69, 9.17) is 9.84 Å². The van der Waals surface area contributed by atoms with Crippen molar-refractivity contribution in [3.8, 4) is 0 Å². The number of hydrogen-bond donors (Lipinski definition) is 1. The van der Waals surface area contributed by atoms with Crippen molar-refractivity contribution in [2.24, 2.45) is 0 Å². The van der Waals surface area contributed by atoms with Crippen LogP contribution in [0, 0.1) is 0 Å². The summed E-state index contributed by atoms with van der Waals surface area (Å²) in [6.07, 6.45) is 8.60. The second-order valence-corrected chi connectivity index (χ2v) is 4.66. The van der Waals surface area contributed by atoms with E-state index in [0.717, 1.165) is 12.8 Å². The summed E-state index contributed by atoms with van der Waals surface area (Å²) >= 11 is 0. The van der Waals surface area contributed by atoms with Gasteiger partial charge in [-0.1, -0.05) is 32.6 Å². The summed E-state index contributed by atoms with van der Waals surface area (Å²) in [5, 5.41) is 9.00. The zero-order valence-electron chi connectivity index (χ0n) is 11.6. The van der Waals surface area contributed by atoms with Crippen LogP contribution in [0.1, 0.15) is 62.0 Å². The van der Waals surface area contributed by atoms with E-state index in [9.17, 15) is 4.79 Å². The highest BCUT2D eigenvalue weighted by molar-refractivity contribution is 5.88. The maximum absolute atomic E-state index is 11.0. The molecule has 1 heterocycles. The molecule has 0 bridgehead atoms. The minimum Gasteiger partial charge on any atom is -0.478 e. The SMILES string of the molecule is CCCCCCC(C)OCc1ncncc1C(=O)O. The fourth-order valence-corrected chi connectivity index (χ4v) is 1.81. The summed E-state index contributed by atoms with van der Waals surface area (Å²) in [5.41, 5.74) is 0.545. The van der Waals surface area contributed by atoms with E-state index < -0.39 is 5.97 Å². The van der Waals surface area contributed by atoms with Gasteiger partial charge in [0.1, 0.15) is 11.9 Å². The lowest BCUT2D eigenvalue weighted by Crippen LogP contribution is -2.12. The van der Waals surface area contributed by atoms with Gasteiger partial charge in [0, 0.05) is 6.20 Å². The molecule has 0 aliphatic carbocycles. The molecule has 0 saturated heterocycles. The molecule has 1 rings (SSSR count). The third kappa shape index (κ3) is 5.79. The van der Waals surface area contributed by atoms with Gasteiger partial charge in [-0.05, 0) is 13.3 Å². The number of aromatic nitrogens is 2. The quantitative estimate of drug-likeness (QED) is 0.695. The molecule has 19 heavy (non-hydrogen) atoms. The van der Waals surface area contributed by atoms with Crippen molar-refractivity contribution in [1.29, 1.82) is 0 Å². The van der Waals surface area contributed by atoms with Crippen LogP contribution < -0.4 is 0 Å². The standard InChI is InChI=1S/C14H22N2O3/c1-3-4-5-6-7-11(2)19-9-13-12(14(17)18)8-15-10-16-13/h8,10-11H,3-7,9H2,1-2H3,(H,17,18). The Kier molecular flexibility index (Phi) is 7.03. The number of hydrogen-bond acceptors (Lipinski definition) is 4. The van der Waals surface area contributed by atoms with Crippen molar-refractivity contribution < 1.29 is 14.6 Å². The Morgan fingerprint density at radius 1 is 1.42 bits per heavy atom. The first kappa shape index (κ1) is 15.6. The highest BCUT2D eigenvalue weighted by atomic mass is 16.5. The fraction of sp³-hybridized carbons (Fsp3) is 0.643. The highest BCUT2D eigenvalue weighted by Gasteiger charge is 2.12. The third-order valence-electron chi connectivity index (χ3n) is 2.99. The molecule has 0 amide bonds. The van der Waals surface area contributed by atoms with Crippen LogP contribution in [0.5, 0.6) is 0 Å². The van der Waals surface area contributed by atoms with E-state index in [2.05, 4.69) is 16.9 Å². The fourth-order valence-electron chi connectivity index (χ4n) is 1.81. The van der Waals surface area contributed by atoms with Crippen molar-refractivity contribution >= 4 is 5.97 Å². The molecule has 0 aliphatic heterocycles.